The first-order valence-corrected chi connectivity index (χ1v) is 9.08. The summed E-state index contributed by atoms with van der Waals surface area (Å²) in [6, 6.07) is 5.86. The molecule has 0 unspecified atom stereocenters. The highest BCUT2D eigenvalue weighted by Crippen LogP contribution is 2.41. The van der Waals surface area contributed by atoms with Gasteiger partial charge in [0.1, 0.15) is 0 Å². The summed E-state index contributed by atoms with van der Waals surface area (Å²) in [4.78, 5) is 17.9. The number of fused-ring (bicyclic) bond motifs is 1. The lowest BCUT2D eigenvalue weighted by Gasteiger charge is -2.34. The van der Waals surface area contributed by atoms with E-state index in [4.69, 9.17) is 4.99 Å². The maximum atomic E-state index is 11.7. The fourth-order valence-corrected chi connectivity index (χ4v) is 3.50. The van der Waals surface area contributed by atoms with E-state index in [1.807, 2.05) is 45.2 Å². The quantitative estimate of drug-likeness (QED) is 0.744. The number of rotatable bonds is 1. The van der Waals surface area contributed by atoms with Crippen molar-refractivity contribution in [2.75, 3.05) is 11.2 Å². The van der Waals surface area contributed by atoms with Gasteiger partial charge >= 0.3 is 6.09 Å². The van der Waals surface area contributed by atoms with Crippen molar-refractivity contribution in [2.45, 2.75) is 58.4 Å². The van der Waals surface area contributed by atoms with Gasteiger partial charge in [-0.2, -0.15) is 0 Å². The smallest absolute Gasteiger partial charge is 0.412 e. The summed E-state index contributed by atoms with van der Waals surface area (Å²) in [5.74, 6) is 0. The zero-order valence-electron chi connectivity index (χ0n) is 14.8. The van der Waals surface area contributed by atoms with E-state index in [1.165, 1.54) is 10.5 Å². The van der Waals surface area contributed by atoms with E-state index < -0.39 is 11.6 Å². The van der Waals surface area contributed by atoms with Gasteiger partial charge in [0.2, 0.25) is 0 Å². The zero-order valence-corrected chi connectivity index (χ0v) is 15.6. The van der Waals surface area contributed by atoms with Crippen LogP contribution in [0.2, 0.25) is 0 Å². The van der Waals surface area contributed by atoms with Crippen molar-refractivity contribution in [2.24, 2.45) is 4.99 Å². The van der Waals surface area contributed by atoms with Gasteiger partial charge in [-0.15, -0.1) is 11.8 Å². The molecule has 0 atom stereocenters. The van der Waals surface area contributed by atoms with Crippen LogP contribution in [-0.4, -0.2) is 28.0 Å². The minimum Gasteiger partial charge on any atom is -0.465 e. The molecule has 0 bridgehead atoms. The first kappa shape index (κ1) is 17.9. The van der Waals surface area contributed by atoms with Crippen molar-refractivity contribution in [3.05, 3.63) is 23.8 Å². The summed E-state index contributed by atoms with van der Waals surface area (Å²) in [7, 11) is 0. The van der Waals surface area contributed by atoms with Crippen molar-refractivity contribution in [3.63, 3.8) is 0 Å². The van der Waals surface area contributed by atoms with E-state index >= 15 is 0 Å². The van der Waals surface area contributed by atoms with Gasteiger partial charge < -0.3 is 5.11 Å². The molecule has 0 aromatic heterocycles. The first-order chi connectivity index (χ1) is 10.6. The molecule has 0 aliphatic carbocycles. The molecule has 1 heterocycles. The van der Waals surface area contributed by atoms with Gasteiger partial charge in [0.25, 0.3) is 0 Å². The van der Waals surface area contributed by atoms with Crippen LogP contribution < -0.4 is 4.90 Å². The molecule has 1 aromatic rings. The molecule has 0 spiro atoms. The van der Waals surface area contributed by atoms with Gasteiger partial charge in [-0.1, -0.05) is 19.9 Å². The molecule has 0 saturated carbocycles. The van der Waals surface area contributed by atoms with Crippen LogP contribution in [0.25, 0.3) is 0 Å². The van der Waals surface area contributed by atoms with Crippen LogP contribution in [0.15, 0.2) is 23.2 Å². The molecule has 5 heteroatoms. The van der Waals surface area contributed by atoms with E-state index in [-0.39, 0.29) is 5.41 Å². The van der Waals surface area contributed by atoms with Gasteiger partial charge in [-0.25, -0.2) is 9.79 Å². The van der Waals surface area contributed by atoms with Crippen molar-refractivity contribution >= 4 is 34.3 Å². The van der Waals surface area contributed by atoms with Gasteiger partial charge in [-0.3, -0.25) is 4.90 Å². The average molecular weight is 334 g/mol. The Morgan fingerprint density at radius 1 is 1.35 bits per heavy atom. The number of aliphatic imine (C=N–C) groups is 1. The Kier molecular flexibility index (Phi) is 4.81. The lowest BCUT2D eigenvalue weighted by Crippen LogP contribution is -2.45. The Balaban J connectivity index is 2.60. The molecule has 4 nitrogen and oxygen atoms in total. The molecule has 2 rings (SSSR count). The molecule has 1 aromatic carbocycles. The van der Waals surface area contributed by atoms with Crippen molar-refractivity contribution < 1.29 is 9.90 Å². The zero-order chi connectivity index (χ0) is 17.4. The molecule has 1 aliphatic heterocycles. The number of carbonyl (C=O) groups is 1. The SMILES string of the molecule is CSC1=Nc2cc(N(C(=O)O)C(C)(C)C)ccc2C(C)(C)CC1. The Labute approximate surface area is 143 Å². The third-order valence-corrected chi connectivity index (χ3v) is 5.04. The monoisotopic (exact) mass is 334 g/mol. The number of amides is 1. The summed E-state index contributed by atoms with van der Waals surface area (Å²) in [6.45, 7) is 10.1. The van der Waals surface area contributed by atoms with Crippen LogP contribution in [0.4, 0.5) is 16.2 Å². The van der Waals surface area contributed by atoms with Crippen molar-refractivity contribution in [3.8, 4) is 0 Å². The third kappa shape index (κ3) is 3.71. The Morgan fingerprint density at radius 2 is 2.00 bits per heavy atom. The van der Waals surface area contributed by atoms with Crippen LogP contribution in [0, 0.1) is 0 Å². The fourth-order valence-electron chi connectivity index (χ4n) is 3.00. The second-order valence-electron chi connectivity index (χ2n) is 7.58. The second-order valence-corrected chi connectivity index (χ2v) is 8.46. The molecule has 1 aliphatic rings. The van der Waals surface area contributed by atoms with E-state index in [2.05, 4.69) is 13.8 Å². The largest absolute Gasteiger partial charge is 0.465 e. The van der Waals surface area contributed by atoms with Gasteiger partial charge in [0, 0.05) is 11.2 Å². The fraction of sp³-hybridized carbons (Fsp3) is 0.556. The predicted molar refractivity (Wildman–Crippen MR) is 99.6 cm³/mol. The van der Waals surface area contributed by atoms with Gasteiger partial charge in [0.05, 0.1) is 10.7 Å². The number of hydrogen-bond donors (Lipinski definition) is 1. The van der Waals surface area contributed by atoms with E-state index in [0.29, 0.717) is 5.69 Å². The summed E-state index contributed by atoms with van der Waals surface area (Å²) in [5.41, 5.74) is 2.27. The molecule has 0 fully saturated rings. The van der Waals surface area contributed by atoms with Gasteiger partial charge in [0.15, 0.2) is 0 Å². The van der Waals surface area contributed by atoms with Crippen LogP contribution in [0.5, 0.6) is 0 Å². The minimum atomic E-state index is -0.945. The highest BCUT2D eigenvalue weighted by molar-refractivity contribution is 8.13. The molecule has 126 valence electrons. The van der Waals surface area contributed by atoms with Crippen molar-refractivity contribution in [1.82, 2.24) is 0 Å². The van der Waals surface area contributed by atoms with E-state index in [0.717, 1.165) is 23.6 Å². The second kappa shape index (κ2) is 6.19. The number of hydrogen-bond acceptors (Lipinski definition) is 3. The molecular weight excluding hydrogens is 308 g/mol. The highest BCUT2D eigenvalue weighted by Gasteiger charge is 2.31. The third-order valence-electron chi connectivity index (χ3n) is 4.28. The van der Waals surface area contributed by atoms with Gasteiger partial charge in [-0.05, 0) is 63.0 Å². The molecular formula is C18H26N2O2S. The van der Waals surface area contributed by atoms with Crippen molar-refractivity contribution in [1.29, 1.82) is 0 Å². The van der Waals surface area contributed by atoms with E-state index in [1.54, 1.807) is 11.8 Å². The summed E-state index contributed by atoms with van der Waals surface area (Å²) in [6.07, 6.45) is 3.10. The number of anilines is 1. The number of nitrogens with zero attached hydrogens (tertiary/aromatic N) is 2. The maximum absolute atomic E-state index is 11.7. The molecule has 23 heavy (non-hydrogen) atoms. The first-order valence-electron chi connectivity index (χ1n) is 7.85. The number of thioether (sulfide) groups is 1. The van der Waals surface area contributed by atoms with Crippen LogP contribution >= 0.6 is 11.8 Å². The molecule has 1 N–H and O–H groups in total. The van der Waals surface area contributed by atoms with E-state index in [9.17, 15) is 9.90 Å². The molecule has 0 saturated heterocycles. The standard InChI is InChI=1S/C18H26N2O2S/c1-17(2,3)20(16(21)22)12-7-8-13-14(11-12)19-15(23-6)9-10-18(13,4)5/h7-8,11H,9-10H2,1-6H3,(H,21,22). The average Bonchev–Trinajstić information content (AvgIpc) is 2.53. The lowest BCUT2D eigenvalue weighted by atomic mass is 9.80. The maximum Gasteiger partial charge on any atom is 0.412 e. The number of carboxylic acid groups (broad SMARTS) is 1. The lowest BCUT2D eigenvalue weighted by molar-refractivity contribution is 0.195. The Hall–Kier alpha value is -1.49. The minimum absolute atomic E-state index is 0.0324. The summed E-state index contributed by atoms with van der Waals surface area (Å²) >= 11 is 1.67. The van der Waals surface area contributed by atoms with Crippen LogP contribution in [0.3, 0.4) is 0 Å². The highest BCUT2D eigenvalue weighted by atomic mass is 32.2. The summed E-state index contributed by atoms with van der Waals surface area (Å²) in [5, 5.41) is 10.7. The molecule has 1 amide bonds. The topological polar surface area (TPSA) is 52.9 Å². The Morgan fingerprint density at radius 3 is 2.52 bits per heavy atom. The van der Waals surface area contributed by atoms with Crippen LogP contribution in [0.1, 0.15) is 53.0 Å². The summed E-state index contributed by atoms with van der Waals surface area (Å²) < 4.78 is 0. The Bertz CT molecular complexity index is 645. The van der Waals surface area contributed by atoms with Crippen LogP contribution in [-0.2, 0) is 5.41 Å². The predicted octanol–water partition coefficient (Wildman–Crippen LogP) is 5.43. The number of benzene rings is 1. The molecule has 0 radical (unpaired) electrons. The normalized spacial score (nSPS) is 17.0.